The first-order valence-corrected chi connectivity index (χ1v) is 7.55. The molecule has 3 N–H and O–H groups in total. The molecule has 1 aromatic rings. The lowest BCUT2D eigenvalue weighted by Gasteiger charge is -2.26. The number of hydrogen-bond donors (Lipinski definition) is 2. The van der Waals surface area contributed by atoms with Crippen molar-refractivity contribution in [1.82, 2.24) is 4.90 Å². The Balaban J connectivity index is 2.86. The second kappa shape index (κ2) is 7.15. The Kier molecular flexibility index (Phi) is 6.14. The molecule has 3 nitrogen and oxygen atoms in total. The molecule has 0 aromatic heterocycles. The lowest BCUT2D eigenvalue weighted by Crippen LogP contribution is -2.33. The summed E-state index contributed by atoms with van der Waals surface area (Å²) in [5.41, 5.74) is 8.97. The third kappa shape index (κ3) is 5.41. The molecule has 0 heterocycles. The van der Waals surface area contributed by atoms with E-state index in [2.05, 4.69) is 60.2 Å². The molecule has 0 aliphatic carbocycles. The maximum absolute atomic E-state index is 5.92. The summed E-state index contributed by atoms with van der Waals surface area (Å²) >= 11 is 3.59. The number of hydrogen-bond acceptors (Lipinski definition) is 3. The average molecular weight is 328 g/mol. The molecule has 1 atom stereocenters. The fraction of sp³-hybridized carbons (Fsp3) is 0.600. The summed E-state index contributed by atoms with van der Waals surface area (Å²) in [6.07, 6.45) is 1.15. The van der Waals surface area contributed by atoms with Gasteiger partial charge in [-0.1, -0.05) is 13.8 Å². The third-order valence-electron chi connectivity index (χ3n) is 3.06. The fourth-order valence-corrected chi connectivity index (χ4v) is 2.69. The molecular formula is C15H26BrN3. The molecule has 1 unspecified atom stereocenters. The highest BCUT2D eigenvalue weighted by molar-refractivity contribution is 9.10. The number of likely N-dealkylation sites (N-methyl/N-ethyl adjacent to an activating group) is 1. The van der Waals surface area contributed by atoms with Gasteiger partial charge in [-0.05, 0) is 67.0 Å². The van der Waals surface area contributed by atoms with Crippen molar-refractivity contribution >= 4 is 27.3 Å². The number of halogens is 1. The van der Waals surface area contributed by atoms with Crippen LogP contribution in [0.3, 0.4) is 0 Å². The summed E-state index contributed by atoms with van der Waals surface area (Å²) in [6.45, 7) is 7.58. The van der Waals surface area contributed by atoms with Crippen LogP contribution in [0.2, 0.25) is 0 Å². The lowest BCUT2D eigenvalue weighted by molar-refractivity contribution is 0.356. The van der Waals surface area contributed by atoms with E-state index in [0.717, 1.165) is 34.4 Å². The fourth-order valence-electron chi connectivity index (χ4n) is 2.22. The van der Waals surface area contributed by atoms with Crippen LogP contribution in [0.25, 0.3) is 0 Å². The van der Waals surface area contributed by atoms with Gasteiger partial charge in [0, 0.05) is 28.4 Å². The van der Waals surface area contributed by atoms with Crippen LogP contribution in [-0.2, 0) is 0 Å². The van der Waals surface area contributed by atoms with Crippen LogP contribution >= 0.6 is 15.9 Å². The molecule has 108 valence electrons. The first-order chi connectivity index (χ1) is 8.79. The Hall–Kier alpha value is -0.740. The SMILES string of the molecule is Cc1cc(NC(CC(C)C)CN(C)C)c(Br)cc1N. The Bertz CT molecular complexity index is 406. The van der Waals surface area contributed by atoms with Crippen molar-refractivity contribution in [2.45, 2.75) is 33.2 Å². The van der Waals surface area contributed by atoms with Crippen molar-refractivity contribution in [3.05, 3.63) is 22.2 Å². The summed E-state index contributed by atoms with van der Waals surface area (Å²) in [7, 11) is 4.22. The van der Waals surface area contributed by atoms with Gasteiger partial charge in [-0.3, -0.25) is 0 Å². The highest BCUT2D eigenvalue weighted by Gasteiger charge is 2.14. The summed E-state index contributed by atoms with van der Waals surface area (Å²) in [4.78, 5) is 2.22. The predicted molar refractivity (Wildman–Crippen MR) is 88.7 cm³/mol. The predicted octanol–water partition coefficient (Wildman–Crippen LogP) is 3.73. The van der Waals surface area contributed by atoms with Crippen LogP contribution in [0.1, 0.15) is 25.8 Å². The first-order valence-electron chi connectivity index (χ1n) is 6.76. The third-order valence-corrected chi connectivity index (χ3v) is 3.71. The van der Waals surface area contributed by atoms with E-state index in [1.807, 2.05) is 13.0 Å². The van der Waals surface area contributed by atoms with Gasteiger partial charge in [0.1, 0.15) is 0 Å². The summed E-state index contributed by atoms with van der Waals surface area (Å²) in [6, 6.07) is 4.52. The number of nitrogens with zero attached hydrogens (tertiary/aromatic N) is 1. The van der Waals surface area contributed by atoms with E-state index < -0.39 is 0 Å². The largest absolute Gasteiger partial charge is 0.398 e. The van der Waals surface area contributed by atoms with Gasteiger partial charge in [0.05, 0.1) is 0 Å². The zero-order valence-corrected chi connectivity index (χ0v) is 14.2. The van der Waals surface area contributed by atoms with Gasteiger partial charge in [0.2, 0.25) is 0 Å². The van der Waals surface area contributed by atoms with Gasteiger partial charge in [0.15, 0.2) is 0 Å². The molecule has 4 heteroatoms. The van der Waals surface area contributed by atoms with Crippen LogP contribution < -0.4 is 11.1 Å². The molecule has 1 aromatic carbocycles. The second-order valence-electron chi connectivity index (χ2n) is 5.92. The molecule has 0 aliphatic rings. The number of benzene rings is 1. The van der Waals surface area contributed by atoms with Gasteiger partial charge < -0.3 is 16.0 Å². The van der Waals surface area contributed by atoms with E-state index in [1.54, 1.807) is 0 Å². The van der Waals surface area contributed by atoms with Gasteiger partial charge in [-0.25, -0.2) is 0 Å². The van der Waals surface area contributed by atoms with Crippen LogP contribution in [0.15, 0.2) is 16.6 Å². The first kappa shape index (κ1) is 16.3. The lowest BCUT2D eigenvalue weighted by atomic mass is 10.0. The Morgan fingerprint density at radius 1 is 1.32 bits per heavy atom. The molecule has 1 rings (SSSR count). The van der Waals surface area contributed by atoms with Crippen LogP contribution in [0, 0.1) is 12.8 Å². The number of nitrogens with one attached hydrogen (secondary N) is 1. The zero-order chi connectivity index (χ0) is 14.6. The van der Waals surface area contributed by atoms with Gasteiger partial charge in [-0.2, -0.15) is 0 Å². The maximum atomic E-state index is 5.92. The smallest absolute Gasteiger partial charge is 0.0491 e. The molecule has 19 heavy (non-hydrogen) atoms. The van der Waals surface area contributed by atoms with E-state index in [1.165, 1.54) is 0 Å². The summed E-state index contributed by atoms with van der Waals surface area (Å²) < 4.78 is 1.03. The Morgan fingerprint density at radius 2 is 1.95 bits per heavy atom. The molecule has 0 bridgehead atoms. The molecule has 0 saturated heterocycles. The van der Waals surface area contributed by atoms with Crippen molar-refractivity contribution in [1.29, 1.82) is 0 Å². The minimum absolute atomic E-state index is 0.439. The average Bonchev–Trinajstić information content (AvgIpc) is 2.23. The number of nitrogens with two attached hydrogens (primary N) is 1. The van der Waals surface area contributed by atoms with Gasteiger partial charge in [-0.15, -0.1) is 0 Å². The minimum atomic E-state index is 0.439. The van der Waals surface area contributed by atoms with Gasteiger partial charge >= 0.3 is 0 Å². The number of aryl methyl sites for hydroxylation is 1. The summed E-state index contributed by atoms with van der Waals surface area (Å²) in [5, 5.41) is 3.63. The minimum Gasteiger partial charge on any atom is -0.398 e. The molecule has 0 saturated carbocycles. The number of nitrogen functional groups attached to an aromatic ring is 1. The second-order valence-corrected chi connectivity index (χ2v) is 6.78. The molecule has 0 amide bonds. The topological polar surface area (TPSA) is 41.3 Å². The molecule has 0 radical (unpaired) electrons. The van der Waals surface area contributed by atoms with E-state index in [-0.39, 0.29) is 0 Å². The molecule has 0 fully saturated rings. The van der Waals surface area contributed by atoms with E-state index >= 15 is 0 Å². The van der Waals surface area contributed by atoms with Crippen molar-refractivity contribution < 1.29 is 0 Å². The Morgan fingerprint density at radius 3 is 2.47 bits per heavy atom. The van der Waals surface area contributed by atoms with Crippen molar-refractivity contribution in [2.75, 3.05) is 31.7 Å². The Labute approximate surface area is 125 Å². The van der Waals surface area contributed by atoms with Crippen LogP contribution in [0.5, 0.6) is 0 Å². The summed E-state index contributed by atoms with van der Waals surface area (Å²) in [5.74, 6) is 0.672. The maximum Gasteiger partial charge on any atom is 0.0491 e. The van der Waals surface area contributed by atoms with Crippen molar-refractivity contribution in [2.24, 2.45) is 5.92 Å². The molecule has 0 aliphatic heterocycles. The van der Waals surface area contributed by atoms with Crippen molar-refractivity contribution in [3.63, 3.8) is 0 Å². The highest BCUT2D eigenvalue weighted by Crippen LogP contribution is 2.29. The van der Waals surface area contributed by atoms with Gasteiger partial charge in [0.25, 0.3) is 0 Å². The quantitative estimate of drug-likeness (QED) is 0.782. The normalized spacial score (nSPS) is 13.1. The standard InChI is InChI=1S/C15H26BrN3/c1-10(2)6-12(9-19(4)5)18-15-7-11(3)14(17)8-13(15)16/h7-8,10,12,18H,6,9,17H2,1-5H3. The van der Waals surface area contributed by atoms with Crippen LogP contribution in [0.4, 0.5) is 11.4 Å². The van der Waals surface area contributed by atoms with Crippen molar-refractivity contribution in [3.8, 4) is 0 Å². The number of anilines is 2. The van der Waals surface area contributed by atoms with E-state index in [4.69, 9.17) is 5.73 Å². The highest BCUT2D eigenvalue weighted by atomic mass is 79.9. The molecular weight excluding hydrogens is 302 g/mol. The zero-order valence-electron chi connectivity index (χ0n) is 12.6. The van der Waals surface area contributed by atoms with E-state index in [0.29, 0.717) is 12.0 Å². The van der Waals surface area contributed by atoms with Crippen LogP contribution in [-0.4, -0.2) is 31.6 Å². The number of rotatable bonds is 6. The molecule has 0 spiro atoms. The van der Waals surface area contributed by atoms with E-state index in [9.17, 15) is 0 Å². The monoisotopic (exact) mass is 327 g/mol.